The third-order valence-electron chi connectivity index (χ3n) is 8.31. The number of unbranched alkanes of at least 4 members (excludes halogenated alkanes) is 2. The molecule has 4 fully saturated rings. The highest BCUT2D eigenvalue weighted by molar-refractivity contribution is 4.97. The maximum absolute atomic E-state index is 6.59. The predicted molar refractivity (Wildman–Crippen MR) is 116 cm³/mol. The Morgan fingerprint density at radius 3 is 2.18 bits per heavy atom. The van der Waals surface area contributed by atoms with Crippen LogP contribution < -0.4 is 0 Å². The van der Waals surface area contributed by atoms with Gasteiger partial charge in [-0.3, -0.25) is 4.90 Å². The molecule has 28 heavy (non-hydrogen) atoms. The lowest BCUT2D eigenvalue weighted by Crippen LogP contribution is -2.62. The second-order valence-electron chi connectivity index (χ2n) is 10.5. The van der Waals surface area contributed by atoms with Gasteiger partial charge < -0.3 is 9.47 Å². The number of fused-ring (bicyclic) bond motifs is 2. The third-order valence-corrected chi connectivity index (χ3v) is 8.31. The van der Waals surface area contributed by atoms with E-state index in [0.29, 0.717) is 30.4 Å². The summed E-state index contributed by atoms with van der Waals surface area (Å²) < 4.78 is 12.9. The average molecular weight is 392 g/mol. The molecule has 1 heterocycles. The topological polar surface area (TPSA) is 21.7 Å². The maximum Gasteiger partial charge on any atom is 0.0734 e. The highest BCUT2D eigenvalue weighted by Crippen LogP contribution is 2.39. The summed E-state index contributed by atoms with van der Waals surface area (Å²) in [5.41, 5.74) is 0. The normalized spacial score (nSPS) is 42.0. The monoisotopic (exact) mass is 391 g/mol. The van der Waals surface area contributed by atoms with Crippen LogP contribution in [0, 0.1) is 11.8 Å². The van der Waals surface area contributed by atoms with Crippen molar-refractivity contribution in [3.05, 3.63) is 0 Å². The van der Waals surface area contributed by atoms with E-state index in [-0.39, 0.29) is 0 Å². The minimum absolute atomic E-state index is 0.522. The third kappa shape index (κ3) is 5.13. The van der Waals surface area contributed by atoms with Crippen LogP contribution in [0.1, 0.15) is 104 Å². The lowest BCUT2D eigenvalue weighted by Gasteiger charge is -2.53. The molecule has 7 atom stereocenters. The summed E-state index contributed by atoms with van der Waals surface area (Å²) in [6, 6.07) is 1.43. The molecule has 3 aliphatic carbocycles. The molecule has 0 aromatic heterocycles. The van der Waals surface area contributed by atoms with Crippen molar-refractivity contribution >= 4 is 0 Å². The smallest absolute Gasteiger partial charge is 0.0734 e. The zero-order valence-corrected chi connectivity index (χ0v) is 18.6. The van der Waals surface area contributed by atoms with Crippen molar-refractivity contribution < 1.29 is 9.47 Å². The molecule has 3 saturated carbocycles. The fourth-order valence-corrected chi connectivity index (χ4v) is 6.55. The van der Waals surface area contributed by atoms with E-state index in [9.17, 15) is 0 Å². The molecule has 0 aromatic rings. The van der Waals surface area contributed by atoms with Gasteiger partial charge in [-0.25, -0.2) is 0 Å². The van der Waals surface area contributed by atoms with Crippen LogP contribution in [0.15, 0.2) is 0 Å². The standard InChI is InChI=1S/C25H45NO2/c1-19-14-15-20(2)25(18-19)27-17-9-3-8-16-26-21-10-4-6-12-23(21)28-24-13-7-5-11-22(24)26/h19-25H,3-18H2,1-2H3. The Balaban J connectivity index is 1.19. The Hall–Kier alpha value is -0.120. The Bertz CT molecular complexity index is 447. The van der Waals surface area contributed by atoms with Crippen molar-refractivity contribution in [3.8, 4) is 0 Å². The van der Waals surface area contributed by atoms with Crippen molar-refractivity contribution in [2.24, 2.45) is 11.8 Å². The minimum atomic E-state index is 0.522. The fourth-order valence-electron chi connectivity index (χ4n) is 6.55. The highest BCUT2D eigenvalue weighted by atomic mass is 16.5. The van der Waals surface area contributed by atoms with Gasteiger partial charge in [0.25, 0.3) is 0 Å². The predicted octanol–water partition coefficient (Wildman–Crippen LogP) is 5.95. The summed E-state index contributed by atoms with van der Waals surface area (Å²) in [6.07, 6.45) is 20.4. The van der Waals surface area contributed by atoms with E-state index in [1.54, 1.807) is 0 Å². The number of hydrogen-bond donors (Lipinski definition) is 0. The maximum atomic E-state index is 6.59. The highest BCUT2D eigenvalue weighted by Gasteiger charge is 2.44. The second-order valence-corrected chi connectivity index (χ2v) is 10.5. The van der Waals surface area contributed by atoms with Gasteiger partial charge in [0.2, 0.25) is 0 Å². The molecule has 162 valence electrons. The second kappa shape index (κ2) is 10.3. The quantitative estimate of drug-likeness (QED) is 0.500. The van der Waals surface area contributed by atoms with Gasteiger partial charge in [0.15, 0.2) is 0 Å². The molecule has 4 rings (SSSR count). The zero-order chi connectivity index (χ0) is 19.3. The van der Waals surface area contributed by atoms with Crippen LogP contribution in [-0.4, -0.2) is 48.4 Å². The molecule has 7 unspecified atom stereocenters. The molecule has 0 radical (unpaired) electrons. The summed E-state index contributed by atoms with van der Waals surface area (Å²) in [4.78, 5) is 2.92. The first-order valence-corrected chi connectivity index (χ1v) is 12.7. The van der Waals surface area contributed by atoms with Gasteiger partial charge in [0, 0.05) is 18.7 Å². The molecule has 1 saturated heterocycles. The zero-order valence-electron chi connectivity index (χ0n) is 18.6. The van der Waals surface area contributed by atoms with Crippen LogP contribution >= 0.6 is 0 Å². The fraction of sp³-hybridized carbons (Fsp3) is 1.00. The largest absolute Gasteiger partial charge is 0.378 e. The van der Waals surface area contributed by atoms with E-state index >= 15 is 0 Å². The van der Waals surface area contributed by atoms with Crippen molar-refractivity contribution in [2.45, 2.75) is 134 Å². The number of nitrogens with zero attached hydrogens (tertiary/aromatic N) is 1. The van der Waals surface area contributed by atoms with Crippen molar-refractivity contribution in [1.82, 2.24) is 4.90 Å². The first kappa shape index (κ1) is 21.1. The molecular formula is C25H45NO2. The first-order chi connectivity index (χ1) is 13.7. The average Bonchev–Trinajstić information content (AvgIpc) is 2.72. The first-order valence-electron chi connectivity index (χ1n) is 12.7. The van der Waals surface area contributed by atoms with Gasteiger partial charge in [-0.05, 0) is 76.2 Å². The molecule has 3 nitrogen and oxygen atoms in total. The van der Waals surface area contributed by atoms with Crippen LogP contribution in [0.2, 0.25) is 0 Å². The van der Waals surface area contributed by atoms with E-state index in [0.717, 1.165) is 18.4 Å². The van der Waals surface area contributed by atoms with Crippen molar-refractivity contribution in [3.63, 3.8) is 0 Å². The lowest BCUT2D eigenvalue weighted by molar-refractivity contribution is -0.175. The van der Waals surface area contributed by atoms with Gasteiger partial charge >= 0.3 is 0 Å². The van der Waals surface area contributed by atoms with E-state index in [4.69, 9.17) is 9.47 Å². The van der Waals surface area contributed by atoms with E-state index in [1.807, 2.05) is 0 Å². The van der Waals surface area contributed by atoms with Gasteiger partial charge in [0.05, 0.1) is 18.3 Å². The Kier molecular flexibility index (Phi) is 7.74. The van der Waals surface area contributed by atoms with Crippen molar-refractivity contribution in [2.75, 3.05) is 13.2 Å². The molecule has 4 aliphatic rings. The molecule has 3 heteroatoms. The van der Waals surface area contributed by atoms with E-state index < -0.39 is 0 Å². The van der Waals surface area contributed by atoms with Crippen LogP contribution in [0.5, 0.6) is 0 Å². The lowest BCUT2D eigenvalue weighted by atomic mass is 9.82. The van der Waals surface area contributed by atoms with Crippen LogP contribution in [0.25, 0.3) is 0 Å². The summed E-state index contributed by atoms with van der Waals surface area (Å²) in [6.45, 7) is 7.04. The van der Waals surface area contributed by atoms with Gasteiger partial charge in [-0.1, -0.05) is 46.0 Å². The number of rotatable bonds is 7. The molecular weight excluding hydrogens is 346 g/mol. The molecule has 0 aromatic carbocycles. The summed E-state index contributed by atoms with van der Waals surface area (Å²) in [5.74, 6) is 1.62. The molecule has 0 spiro atoms. The van der Waals surface area contributed by atoms with Crippen LogP contribution in [0.4, 0.5) is 0 Å². The van der Waals surface area contributed by atoms with E-state index in [2.05, 4.69) is 18.7 Å². The molecule has 0 amide bonds. The Morgan fingerprint density at radius 1 is 0.786 bits per heavy atom. The molecule has 1 aliphatic heterocycles. The summed E-state index contributed by atoms with van der Waals surface area (Å²) >= 11 is 0. The van der Waals surface area contributed by atoms with Gasteiger partial charge in [-0.15, -0.1) is 0 Å². The van der Waals surface area contributed by atoms with Crippen LogP contribution in [0.3, 0.4) is 0 Å². The molecule has 0 bridgehead atoms. The van der Waals surface area contributed by atoms with Gasteiger partial charge in [-0.2, -0.15) is 0 Å². The van der Waals surface area contributed by atoms with Crippen LogP contribution in [-0.2, 0) is 9.47 Å². The van der Waals surface area contributed by atoms with Crippen molar-refractivity contribution in [1.29, 1.82) is 0 Å². The Morgan fingerprint density at radius 2 is 1.46 bits per heavy atom. The number of morpholine rings is 1. The number of hydrogen-bond acceptors (Lipinski definition) is 3. The Labute approximate surface area is 173 Å². The SMILES string of the molecule is CC1CCC(C)C(OCCCCCN2C3CCCCC3OC3CCCCC32)C1. The minimum Gasteiger partial charge on any atom is -0.378 e. The van der Waals surface area contributed by atoms with E-state index in [1.165, 1.54) is 96.4 Å². The number of ether oxygens (including phenoxy) is 2. The van der Waals surface area contributed by atoms with Gasteiger partial charge in [0.1, 0.15) is 0 Å². The summed E-state index contributed by atoms with van der Waals surface area (Å²) in [7, 11) is 0. The summed E-state index contributed by atoms with van der Waals surface area (Å²) in [5, 5.41) is 0. The molecule has 0 N–H and O–H groups in total.